The molecule has 0 aliphatic carbocycles. The number of unbranched alkanes of at least 4 members (excludes halogenated alkanes) is 7. The predicted octanol–water partition coefficient (Wildman–Crippen LogP) is -2.21. The number of nitrogens with one attached hydrogen (secondary N) is 11. The molecule has 0 aliphatic rings. The molecule has 2 aromatic carbocycles. The van der Waals surface area contributed by atoms with E-state index in [1.54, 1.807) is 13.8 Å². The van der Waals surface area contributed by atoms with Gasteiger partial charge < -0.3 is 120 Å². The molecule has 11 atom stereocenters. The largest absolute Gasteiger partial charge is 0.508 e. The van der Waals surface area contributed by atoms with Crippen LogP contribution in [-0.4, -0.2) is 205 Å². The summed E-state index contributed by atoms with van der Waals surface area (Å²) in [6.45, 7) is 12.8. The van der Waals surface area contributed by atoms with Gasteiger partial charge in [0.15, 0.2) is 0 Å². The third-order valence-electron chi connectivity index (χ3n) is 18.6. The van der Waals surface area contributed by atoms with Gasteiger partial charge in [0, 0.05) is 25.1 Å². The number of carbonyl (C=O) groups excluding carboxylic acids is 12. The first-order chi connectivity index (χ1) is 52.8. The Bertz CT molecular complexity index is 3140. The van der Waals surface area contributed by atoms with Crippen LogP contribution in [0.3, 0.4) is 0 Å². The number of carbonyl (C=O) groups is 12. The van der Waals surface area contributed by atoms with Crippen molar-refractivity contribution in [3.63, 3.8) is 0 Å². The zero-order valence-electron chi connectivity index (χ0n) is 66.3. The summed E-state index contributed by atoms with van der Waals surface area (Å²) in [4.78, 5) is 169. The molecule has 0 fully saturated rings. The van der Waals surface area contributed by atoms with Gasteiger partial charge in [-0.05, 0) is 227 Å². The van der Waals surface area contributed by atoms with Crippen LogP contribution >= 0.6 is 0 Å². The fourth-order valence-corrected chi connectivity index (χ4v) is 12.2. The molecule has 626 valence electrons. The molecule has 0 spiro atoms. The molecule has 12 amide bonds. The number of phenolic OH excluding ortho intramolecular Hbond substituents is 1. The van der Waals surface area contributed by atoms with Crippen molar-refractivity contribution >= 4 is 83.5 Å². The van der Waals surface area contributed by atoms with E-state index in [9.17, 15) is 67.9 Å². The quantitative estimate of drug-likeness (QED) is 0.0247. The lowest BCUT2D eigenvalue weighted by Gasteiger charge is -2.29. The molecular formula is C76H134BN19O15. The SMILES string of the molecule is CC(C)C[C@H](NC(=O)[C@H](CCCCNC(=O)[C@H](CCCCN)NC(=O)[C@H](CC(C)C)NC(=O)[C@@H](N)CCCCN)NC(=O)[C@H](CCCCN)NC(=O)[C@H](CC(C)C)NC(=O)[C@@H](N)CCCCN)C(=O)N[C@@H](CCCCN)C(=O)N[C@@H](CCCCNC(=O)c1ccc(B(O)O)cc1)C(=O)N[C@@H](Cc1ccc(O)cc1)C(N)=O. The Morgan fingerprint density at radius 3 is 0.937 bits per heavy atom. The lowest BCUT2D eigenvalue weighted by Crippen LogP contribution is -2.60. The van der Waals surface area contributed by atoms with Crippen LogP contribution in [-0.2, 0) is 59.2 Å². The topological polar surface area (TPSA) is 606 Å². The number of aromatic hydroxyl groups is 1. The van der Waals surface area contributed by atoms with Crippen molar-refractivity contribution in [1.29, 1.82) is 0 Å². The van der Waals surface area contributed by atoms with E-state index in [1.807, 2.05) is 27.7 Å². The summed E-state index contributed by atoms with van der Waals surface area (Å²) in [5.74, 6) is -8.86. The Morgan fingerprint density at radius 2 is 0.622 bits per heavy atom. The van der Waals surface area contributed by atoms with Gasteiger partial charge in [-0.1, -0.05) is 78.6 Å². The van der Waals surface area contributed by atoms with Gasteiger partial charge in [-0.25, -0.2) is 0 Å². The van der Waals surface area contributed by atoms with Crippen LogP contribution in [0.25, 0.3) is 0 Å². The highest BCUT2D eigenvalue weighted by atomic mass is 16.4. The van der Waals surface area contributed by atoms with E-state index in [-0.39, 0.29) is 144 Å². The number of rotatable bonds is 60. The number of amides is 12. The smallest absolute Gasteiger partial charge is 0.488 e. The second kappa shape index (κ2) is 55.9. The van der Waals surface area contributed by atoms with Gasteiger partial charge in [-0.3, -0.25) is 57.5 Å². The van der Waals surface area contributed by atoms with E-state index >= 15 is 4.79 Å². The summed E-state index contributed by atoms with van der Waals surface area (Å²) in [6.07, 6.45) is 6.86. The standard InChI is InChI=1S/C76H134BN19O15/c1-47(2)43-62(94-67(100)54(83)21-7-14-36-78)74(107)88-56(23-9-16-38-80)69(102)87-42-20-13-27-60(90-71(104)57(24-10-17-39-81)91-75(108)63(44-48(3)4)95-68(101)55(84)22-8-15-37-79)73(106)96-64(45-49(5)6)76(109)92-58(25-11-18-40-82)70(103)89-59(72(105)93-61(65(85)98)46-50-28-34-53(97)35-29-50)26-12-19-41-86-66(99)51-30-32-52(33-31-51)77(110)111/h28-35,47-49,54-64,97,110-111H,7-27,36-46,78-84H2,1-6H3,(H2,85,98)(H,86,99)(H,87,102)(H,88,107)(H,89,103)(H,90,104)(H,91,108)(H,92,109)(H,93,105)(H,94,100)(H,95,101)(H,96,106)/t54-,55-,56-,57-,58-,59-,60-,61-,62-,63-,64-/m0/s1. The van der Waals surface area contributed by atoms with Crippen LogP contribution < -0.4 is 110 Å². The molecule has 0 aliphatic heterocycles. The normalized spacial score (nSPS) is 14.3. The first-order valence-electron chi connectivity index (χ1n) is 39.6. The Hall–Kier alpha value is -8.42. The second-order valence-electron chi connectivity index (χ2n) is 29.9. The van der Waals surface area contributed by atoms with Gasteiger partial charge in [-0.2, -0.15) is 0 Å². The maximum atomic E-state index is 15.1. The van der Waals surface area contributed by atoms with E-state index in [4.69, 9.17) is 45.9 Å². The van der Waals surface area contributed by atoms with Gasteiger partial charge in [0.1, 0.15) is 60.1 Å². The predicted molar refractivity (Wildman–Crippen MR) is 427 cm³/mol. The van der Waals surface area contributed by atoms with Crippen molar-refractivity contribution in [2.75, 3.05) is 45.8 Å². The summed E-state index contributed by atoms with van der Waals surface area (Å²) in [5, 5.41) is 59.6. The van der Waals surface area contributed by atoms with Crippen LogP contribution in [0.2, 0.25) is 0 Å². The molecule has 30 N–H and O–H groups in total. The Kier molecular flexibility index (Phi) is 49.7. The molecule has 0 heterocycles. The maximum Gasteiger partial charge on any atom is 0.488 e. The van der Waals surface area contributed by atoms with E-state index < -0.39 is 144 Å². The van der Waals surface area contributed by atoms with Crippen molar-refractivity contribution in [2.45, 2.75) is 269 Å². The fourth-order valence-electron chi connectivity index (χ4n) is 12.2. The first kappa shape index (κ1) is 98.7. The summed E-state index contributed by atoms with van der Waals surface area (Å²) in [6, 6.07) is -1.70. The zero-order valence-corrected chi connectivity index (χ0v) is 66.3. The molecular weight excluding hydrogens is 1430 g/mol. The van der Waals surface area contributed by atoms with Gasteiger partial charge in [0.05, 0.1) is 12.1 Å². The summed E-state index contributed by atoms with van der Waals surface area (Å²) >= 11 is 0. The minimum absolute atomic E-state index is 0.0106. The summed E-state index contributed by atoms with van der Waals surface area (Å²) in [7, 11) is -1.73. The van der Waals surface area contributed by atoms with Crippen LogP contribution in [0.1, 0.15) is 212 Å². The minimum atomic E-state index is -1.73. The van der Waals surface area contributed by atoms with Gasteiger partial charge in [0.2, 0.25) is 65.0 Å². The molecule has 111 heavy (non-hydrogen) atoms. The molecule has 2 aromatic rings. The number of phenols is 1. The highest BCUT2D eigenvalue weighted by Crippen LogP contribution is 2.17. The van der Waals surface area contributed by atoms with Crippen molar-refractivity contribution in [3.05, 3.63) is 59.7 Å². The molecule has 0 radical (unpaired) electrons. The molecule has 0 bridgehead atoms. The lowest BCUT2D eigenvalue weighted by atomic mass is 9.80. The number of nitrogens with two attached hydrogens (primary N) is 8. The summed E-state index contributed by atoms with van der Waals surface area (Å²) < 4.78 is 0. The van der Waals surface area contributed by atoms with E-state index in [0.29, 0.717) is 102 Å². The maximum absolute atomic E-state index is 15.1. The fraction of sp³-hybridized carbons (Fsp3) is 0.684. The Morgan fingerprint density at radius 1 is 0.342 bits per heavy atom. The van der Waals surface area contributed by atoms with Gasteiger partial charge >= 0.3 is 7.12 Å². The van der Waals surface area contributed by atoms with Crippen molar-refractivity contribution in [3.8, 4) is 5.75 Å². The van der Waals surface area contributed by atoms with Gasteiger partial charge in [-0.15, -0.1) is 0 Å². The molecule has 34 nitrogen and oxygen atoms in total. The number of primary amides is 1. The second-order valence-corrected chi connectivity index (χ2v) is 29.9. The average molecular weight is 1560 g/mol. The van der Waals surface area contributed by atoms with Crippen LogP contribution in [0.15, 0.2) is 48.5 Å². The lowest BCUT2D eigenvalue weighted by molar-refractivity contribution is -0.136. The molecule has 0 saturated heterocycles. The molecule has 0 unspecified atom stereocenters. The molecule has 0 saturated carbocycles. The van der Waals surface area contributed by atoms with Crippen molar-refractivity contribution in [2.24, 2.45) is 63.6 Å². The number of hydrogen-bond donors (Lipinski definition) is 22. The number of benzene rings is 2. The van der Waals surface area contributed by atoms with Crippen LogP contribution in [0.4, 0.5) is 0 Å². The van der Waals surface area contributed by atoms with Crippen LogP contribution in [0, 0.1) is 17.8 Å². The Labute approximate surface area is 655 Å². The minimum Gasteiger partial charge on any atom is -0.508 e. The van der Waals surface area contributed by atoms with E-state index in [1.165, 1.54) is 48.5 Å². The monoisotopic (exact) mass is 1560 g/mol. The van der Waals surface area contributed by atoms with E-state index in [2.05, 4.69) is 58.5 Å². The van der Waals surface area contributed by atoms with Crippen LogP contribution in [0.5, 0.6) is 5.75 Å². The third-order valence-corrected chi connectivity index (χ3v) is 18.6. The first-order valence-corrected chi connectivity index (χ1v) is 39.6. The van der Waals surface area contributed by atoms with Crippen molar-refractivity contribution in [1.82, 2.24) is 58.5 Å². The average Bonchev–Trinajstić information content (AvgIpc) is 0.866. The molecule has 0 aromatic heterocycles. The number of hydrogen-bond acceptors (Lipinski definition) is 22. The highest BCUT2D eigenvalue weighted by Gasteiger charge is 2.36. The Balaban J connectivity index is 2.67. The molecule has 35 heteroatoms. The third kappa shape index (κ3) is 41.1. The zero-order chi connectivity index (χ0) is 83.0. The van der Waals surface area contributed by atoms with Crippen molar-refractivity contribution < 1.29 is 72.7 Å². The molecule has 2 rings (SSSR count). The summed E-state index contributed by atoms with van der Waals surface area (Å²) in [5.41, 5.74) is 48.1. The van der Waals surface area contributed by atoms with E-state index in [0.717, 1.165) is 0 Å². The highest BCUT2D eigenvalue weighted by molar-refractivity contribution is 6.58. The van der Waals surface area contributed by atoms with Gasteiger partial charge in [0.25, 0.3) is 5.91 Å².